The highest BCUT2D eigenvalue weighted by Gasteiger charge is 2.16. The molecule has 2 aromatic rings. The summed E-state index contributed by atoms with van der Waals surface area (Å²) in [5.74, 6) is 1.10. The summed E-state index contributed by atoms with van der Waals surface area (Å²) in [5, 5.41) is 9.60. The van der Waals surface area contributed by atoms with Gasteiger partial charge in [0.15, 0.2) is 5.65 Å². The first-order chi connectivity index (χ1) is 8.74. The van der Waals surface area contributed by atoms with Gasteiger partial charge in [0.1, 0.15) is 11.9 Å². The third-order valence-corrected chi connectivity index (χ3v) is 3.09. The molecule has 7 nitrogen and oxygen atoms in total. The van der Waals surface area contributed by atoms with Crippen LogP contribution in [-0.4, -0.2) is 38.8 Å². The van der Waals surface area contributed by atoms with Gasteiger partial charge in [-0.15, -0.1) is 0 Å². The lowest BCUT2D eigenvalue weighted by molar-refractivity contribution is 0.160. The summed E-state index contributed by atoms with van der Waals surface area (Å²) in [5.41, 5.74) is 0.257. The lowest BCUT2D eigenvalue weighted by atomic mass is 10.1. The van der Waals surface area contributed by atoms with E-state index >= 15 is 0 Å². The zero-order chi connectivity index (χ0) is 12.5. The van der Waals surface area contributed by atoms with Gasteiger partial charge in [-0.3, -0.25) is 0 Å². The SMILES string of the molecule is Cc1nc(OC2CCCNC2)cc2n[nH]c(=O)n12. The van der Waals surface area contributed by atoms with E-state index in [-0.39, 0.29) is 11.8 Å². The van der Waals surface area contributed by atoms with Gasteiger partial charge < -0.3 is 10.1 Å². The number of hydrogen-bond donors (Lipinski definition) is 2. The molecule has 1 unspecified atom stereocenters. The zero-order valence-electron chi connectivity index (χ0n) is 10.1. The second-order valence-corrected chi connectivity index (χ2v) is 4.45. The monoisotopic (exact) mass is 249 g/mol. The van der Waals surface area contributed by atoms with Crippen LogP contribution < -0.4 is 15.7 Å². The molecule has 0 radical (unpaired) electrons. The first-order valence-electron chi connectivity index (χ1n) is 6.06. The number of aryl methyl sites for hydroxylation is 1. The zero-order valence-corrected chi connectivity index (χ0v) is 10.1. The van der Waals surface area contributed by atoms with E-state index in [1.165, 1.54) is 4.40 Å². The molecule has 0 saturated carbocycles. The molecular formula is C11H15N5O2. The quantitative estimate of drug-likeness (QED) is 0.773. The van der Waals surface area contributed by atoms with Crippen molar-refractivity contribution in [3.8, 4) is 5.88 Å². The maximum Gasteiger partial charge on any atom is 0.349 e. The van der Waals surface area contributed by atoms with Crippen LogP contribution in [0.2, 0.25) is 0 Å². The number of H-pyrrole nitrogens is 1. The van der Waals surface area contributed by atoms with Crippen molar-refractivity contribution in [2.24, 2.45) is 0 Å². The van der Waals surface area contributed by atoms with E-state index < -0.39 is 0 Å². The number of hydrogen-bond acceptors (Lipinski definition) is 5. The van der Waals surface area contributed by atoms with Crippen molar-refractivity contribution in [2.75, 3.05) is 13.1 Å². The minimum atomic E-state index is -0.277. The Morgan fingerprint density at radius 1 is 1.56 bits per heavy atom. The van der Waals surface area contributed by atoms with Gasteiger partial charge in [-0.25, -0.2) is 14.3 Å². The van der Waals surface area contributed by atoms with Crippen molar-refractivity contribution in [2.45, 2.75) is 25.9 Å². The van der Waals surface area contributed by atoms with Gasteiger partial charge in [0.2, 0.25) is 5.88 Å². The maximum absolute atomic E-state index is 11.5. The lowest BCUT2D eigenvalue weighted by Gasteiger charge is -2.23. The number of rotatable bonds is 2. The molecule has 0 spiro atoms. The van der Waals surface area contributed by atoms with Gasteiger partial charge in [0.25, 0.3) is 0 Å². The van der Waals surface area contributed by atoms with Gasteiger partial charge in [-0.1, -0.05) is 0 Å². The van der Waals surface area contributed by atoms with E-state index in [0.29, 0.717) is 17.4 Å². The van der Waals surface area contributed by atoms with Crippen LogP contribution in [0.5, 0.6) is 5.88 Å². The Morgan fingerprint density at radius 2 is 2.44 bits per heavy atom. The smallest absolute Gasteiger partial charge is 0.349 e. The van der Waals surface area contributed by atoms with E-state index in [4.69, 9.17) is 4.74 Å². The molecular weight excluding hydrogens is 234 g/mol. The van der Waals surface area contributed by atoms with Crippen LogP contribution in [0.1, 0.15) is 18.7 Å². The molecule has 2 N–H and O–H groups in total. The second kappa shape index (κ2) is 4.41. The third kappa shape index (κ3) is 1.97. The van der Waals surface area contributed by atoms with Gasteiger partial charge in [-0.05, 0) is 26.3 Å². The number of nitrogens with zero attached hydrogens (tertiary/aromatic N) is 3. The van der Waals surface area contributed by atoms with Gasteiger partial charge in [0, 0.05) is 12.6 Å². The average Bonchev–Trinajstić information content (AvgIpc) is 2.72. The molecule has 96 valence electrons. The molecule has 0 aliphatic carbocycles. The Labute approximate surface area is 103 Å². The number of aromatic amines is 1. The molecule has 1 aliphatic rings. The molecule has 1 saturated heterocycles. The van der Waals surface area contributed by atoms with Crippen LogP contribution in [0.3, 0.4) is 0 Å². The number of piperidine rings is 1. The molecule has 0 bridgehead atoms. The van der Waals surface area contributed by atoms with E-state index in [2.05, 4.69) is 20.5 Å². The Morgan fingerprint density at radius 3 is 3.22 bits per heavy atom. The van der Waals surface area contributed by atoms with Gasteiger partial charge >= 0.3 is 5.69 Å². The highest BCUT2D eigenvalue weighted by Crippen LogP contribution is 2.15. The summed E-state index contributed by atoms with van der Waals surface area (Å²) in [6.45, 7) is 3.63. The Hall–Kier alpha value is -1.89. The Bertz CT molecular complexity index is 611. The van der Waals surface area contributed by atoms with Crippen LogP contribution in [0.25, 0.3) is 5.65 Å². The molecule has 18 heavy (non-hydrogen) atoms. The summed E-state index contributed by atoms with van der Waals surface area (Å²) >= 11 is 0. The maximum atomic E-state index is 11.5. The predicted molar refractivity (Wildman–Crippen MR) is 64.9 cm³/mol. The predicted octanol–water partition coefficient (Wildman–Crippen LogP) is -0.143. The van der Waals surface area contributed by atoms with E-state index in [1.54, 1.807) is 13.0 Å². The van der Waals surface area contributed by atoms with Gasteiger partial charge in [0.05, 0.1) is 0 Å². The lowest BCUT2D eigenvalue weighted by Crippen LogP contribution is -2.37. The minimum Gasteiger partial charge on any atom is -0.473 e. The largest absolute Gasteiger partial charge is 0.473 e. The molecule has 7 heteroatoms. The number of aromatic nitrogens is 4. The van der Waals surface area contributed by atoms with Crippen molar-refractivity contribution in [3.63, 3.8) is 0 Å². The number of nitrogens with one attached hydrogen (secondary N) is 2. The standard InChI is InChI=1S/C11H15N5O2/c1-7-13-10(18-8-3-2-4-12-6-8)5-9-14-15-11(17)16(7)9/h5,8,12H,2-4,6H2,1H3,(H,15,17). The van der Waals surface area contributed by atoms with Crippen molar-refractivity contribution in [1.29, 1.82) is 0 Å². The number of ether oxygens (including phenoxy) is 1. The van der Waals surface area contributed by atoms with Crippen molar-refractivity contribution >= 4 is 5.65 Å². The van der Waals surface area contributed by atoms with E-state index in [9.17, 15) is 4.79 Å². The fourth-order valence-electron chi connectivity index (χ4n) is 2.22. The van der Waals surface area contributed by atoms with E-state index in [0.717, 1.165) is 25.9 Å². The fourth-order valence-corrected chi connectivity index (χ4v) is 2.22. The first kappa shape index (κ1) is 11.2. The topological polar surface area (TPSA) is 84.3 Å². The van der Waals surface area contributed by atoms with Gasteiger partial charge in [-0.2, -0.15) is 10.1 Å². The van der Waals surface area contributed by atoms with Crippen LogP contribution in [0, 0.1) is 6.92 Å². The fraction of sp³-hybridized carbons (Fsp3) is 0.545. The van der Waals surface area contributed by atoms with Crippen LogP contribution in [0.15, 0.2) is 10.9 Å². The Kier molecular flexibility index (Phi) is 2.75. The summed E-state index contributed by atoms with van der Waals surface area (Å²) in [7, 11) is 0. The summed E-state index contributed by atoms with van der Waals surface area (Å²) in [6.07, 6.45) is 2.26. The molecule has 0 aromatic carbocycles. The summed E-state index contributed by atoms with van der Waals surface area (Å²) in [4.78, 5) is 15.7. The Balaban J connectivity index is 1.90. The normalized spacial score (nSPS) is 20.2. The van der Waals surface area contributed by atoms with Crippen LogP contribution in [0.4, 0.5) is 0 Å². The second-order valence-electron chi connectivity index (χ2n) is 4.45. The molecule has 1 atom stereocenters. The van der Waals surface area contributed by atoms with E-state index in [1.807, 2.05) is 0 Å². The number of fused-ring (bicyclic) bond motifs is 1. The van der Waals surface area contributed by atoms with Crippen molar-refractivity contribution in [1.82, 2.24) is 24.9 Å². The van der Waals surface area contributed by atoms with Crippen LogP contribution in [-0.2, 0) is 0 Å². The molecule has 1 fully saturated rings. The molecule has 2 aromatic heterocycles. The molecule has 3 rings (SSSR count). The minimum absolute atomic E-state index is 0.138. The van der Waals surface area contributed by atoms with Crippen molar-refractivity contribution < 1.29 is 4.74 Å². The van der Waals surface area contributed by atoms with Crippen LogP contribution >= 0.6 is 0 Å². The summed E-state index contributed by atoms with van der Waals surface area (Å²) < 4.78 is 7.23. The molecule has 0 amide bonds. The first-order valence-corrected chi connectivity index (χ1v) is 6.06. The summed E-state index contributed by atoms with van der Waals surface area (Å²) in [6, 6.07) is 1.68. The third-order valence-electron chi connectivity index (χ3n) is 3.09. The highest BCUT2D eigenvalue weighted by molar-refractivity contribution is 5.40. The highest BCUT2D eigenvalue weighted by atomic mass is 16.5. The average molecular weight is 249 g/mol. The van der Waals surface area contributed by atoms with Crippen molar-refractivity contribution in [3.05, 3.63) is 22.4 Å². The molecule has 1 aliphatic heterocycles. The molecule has 3 heterocycles.